The van der Waals surface area contributed by atoms with Crippen molar-refractivity contribution in [3.8, 4) is 0 Å². The summed E-state index contributed by atoms with van der Waals surface area (Å²) in [5.41, 5.74) is 3.25. The minimum Gasteiger partial charge on any atom is -0.397 e. The largest absolute Gasteiger partial charge is 0.433 e. The predicted octanol–water partition coefficient (Wildman–Crippen LogP) is 3.98. The lowest BCUT2D eigenvalue weighted by Gasteiger charge is -2.17. The van der Waals surface area contributed by atoms with Crippen LogP contribution >= 0.6 is 0 Å². The predicted molar refractivity (Wildman–Crippen MR) is 112 cm³/mol. The van der Waals surface area contributed by atoms with Crippen molar-refractivity contribution in [2.24, 2.45) is 15.9 Å². The van der Waals surface area contributed by atoms with Crippen molar-refractivity contribution in [1.29, 1.82) is 0 Å². The molecule has 4 N–H and O–H groups in total. The first-order valence-corrected chi connectivity index (χ1v) is 9.63. The summed E-state index contributed by atoms with van der Waals surface area (Å²) < 4.78 is 67.8. The van der Waals surface area contributed by atoms with Gasteiger partial charge in [-0.2, -0.15) is 13.2 Å². The topological polar surface area (TPSA) is 105 Å². The number of pyridine rings is 1. The van der Waals surface area contributed by atoms with Gasteiger partial charge in [0.25, 0.3) is 0 Å². The third-order valence-corrected chi connectivity index (χ3v) is 4.68. The summed E-state index contributed by atoms with van der Waals surface area (Å²) in [6.07, 6.45) is -3.02. The molecule has 0 saturated carbocycles. The fraction of sp³-hybridized carbons (Fsp3) is 0.286. The highest BCUT2D eigenvalue weighted by molar-refractivity contribution is 6.09. The van der Waals surface area contributed by atoms with Crippen molar-refractivity contribution >= 4 is 22.9 Å². The van der Waals surface area contributed by atoms with Gasteiger partial charge in [-0.05, 0) is 37.3 Å². The molecular weight excluding hydrogens is 449 g/mol. The van der Waals surface area contributed by atoms with E-state index in [0.29, 0.717) is 11.8 Å². The molecule has 1 aromatic heterocycles. The average molecular weight is 469 g/mol. The number of hydrogen-bond acceptors (Lipinski definition) is 7. The van der Waals surface area contributed by atoms with Crippen LogP contribution in [-0.2, 0) is 11.4 Å². The number of oxime groups is 1. The molecular formula is C21H20F5N5O2. The Labute approximate surface area is 185 Å². The number of nitrogens with zero attached hydrogens (tertiary/aromatic N) is 3. The van der Waals surface area contributed by atoms with Gasteiger partial charge >= 0.3 is 6.18 Å². The van der Waals surface area contributed by atoms with Crippen LogP contribution in [0.5, 0.6) is 0 Å². The van der Waals surface area contributed by atoms with E-state index in [1.165, 1.54) is 31.3 Å². The first-order chi connectivity index (χ1) is 15.5. The van der Waals surface area contributed by atoms with E-state index in [0.717, 1.165) is 12.1 Å². The zero-order valence-corrected chi connectivity index (χ0v) is 17.3. The van der Waals surface area contributed by atoms with Crippen LogP contribution in [0.2, 0.25) is 0 Å². The number of nitrogens with two attached hydrogens (primary N) is 1. The number of halogens is 5. The second-order valence-corrected chi connectivity index (χ2v) is 7.47. The van der Waals surface area contributed by atoms with Gasteiger partial charge in [-0.25, -0.2) is 18.8 Å². The van der Waals surface area contributed by atoms with Crippen LogP contribution in [0.15, 0.2) is 58.4 Å². The van der Waals surface area contributed by atoms with E-state index in [2.05, 4.69) is 20.4 Å². The van der Waals surface area contributed by atoms with Crippen LogP contribution in [0.4, 0.5) is 33.5 Å². The standard InChI is InChI=1S/C21H20F5N5O2/c1-20(11-32)8-17(31-33-20)16(27)7-18(21(24,25)26)30-19-6-5-12(9-29-19)28-10-13-14(22)3-2-4-15(13)23/h2-7,9,28,32H,8,10-11,27H2,1H3/b16-7-,30-18?. The Balaban J connectivity index is 1.76. The van der Waals surface area contributed by atoms with E-state index < -0.39 is 29.1 Å². The van der Waals surface area contributed by atoms with Gasteiger partial charge < -0.3 is 21.0 Å². The monoisotopic (exact) mass is 469 g/mol. The molecule has 0 radical (unpaired) electrons. The number of aliphatic hydroxyl groups is 1. The highest BCUT2D eigenvalue weighted by Gasteiger charge is 2.37. The van der Waals surface area contributed by atoms with Crippen molar-refractivity contribution in [1.82, 2.24) is 4.98 Å². The lowest BCUT2D eigenvalue weighted by atomic mass is 9.99. The maximum Gasteiger partial charge on any atom is 0.433 e. The van der Waals surface area contributed by atoms with Crippen LogP contribution < -0.4 is 11.1 Å². The first-order valence-electron chi connectivity index (χ1n) is 9.63. The van der Waals surface area contributed by atoms with Gasteiger partial charge in [-0.1, -0.05) is 11.2 Å². The molecule has 1 aromatic carbocycles. The summed E-state index contributed by atoms with van der Waals surface area (Å²) in [6, 6.07) is 6.03. The summed E-state index contributed by atoms with van der Waals surface area (Å²) in [5, 5.41) is 15.6. The SMILES string of the molecule is CC1(CO)CC(/C(N)=C/C(=Nc2ccc(NCc3c(F)cccc3F)cn2)C(F)(F)F)=NO1. The fourth-order valence-corrected chi connectivity index (χ4v) is 2.80. The summed E-state index contributed by atoms with van der Waals surface area (Å²) in [6.45, 7) is 0.962. The minimum absolute atomic E-state index is 0.0260. The molecule has 0 fully saturated rings. The number of alkyl halides is 3. The third kappa shape index (κ3) is 6.04. The fourth-order valence-electron chi connectivity index (χ4n) is 2.80. The third-order valence-electron chi connectivity index (χ3n) is 4.68. The van der Waals surface area contributed by atoms with Crippen molar-refractivity contribution in [3.63, 3.8) is 0 Å². The molecule has 12 heteroatoms. The van der Waals surface area contributed by atoms with Gasteiger partial charge in [0.2, 0.25) is 0 Å². The van der Waals surface area contributed by atoms with Crippen LogP contribution in [0.25, 0.3) is 0 Å². The highest BCUT2D eigenvalue weighted by atomic mass is 19.4. The lowest BCUT2D eigenvalue weighted by molar-refractivity contribution is -0.0576. The molecule has 2 aromatic rings. The second kappa shape index (κ2) is 9.53. The van der Waals surface area contributed by atoms with Gasteiger partial charge in [0.1, 0.15) is 23.1 Å². The quantitative estimate of drug-likeness (QED) is 0.420. The number of aliphatic imine (C=N–C) groups is 1. The molecule has 33 heavy (non-hydrogen) atoms. The molecule has 176 valence electrons. The molecule has 0 amide bonds. The summed E-state index contributed by atoms with van der Waals surface area (Å²) in [5.74, 6) is -1.72. The maximum atomic E-state index is 13.7. The van der Waals surface area contributed by atoms with Gasteiger partial charge in [0, 0.05) is 18.5 Å². The number of nitrogens with one attached hydrogen (secondary N) is 1. The molecule has 1 aliphatic heterocycles. The molecule has 1 atom stereocenters. The van der Waals surface area contributed by atoms with E-state index >= 15 is 0 Å². The molecule has 0 spiro atoms. The van der Waals surface area contributed by atoms with Crippen LogP contribution in [-0.4, -0.2) is 39.9 Å². The van der Waals surface area contributed by atoms with Gasteiger partial charge in [-0.15, -0.1) is 0 Å². The maximum absolute atomic E-state index is 13.7. The average Bonchev–Trinajstić information content (AvgIpc) is 3.16. The van der Waals surface area contributed by atoms with Crippen LogP contribution in [0.3, 0.4) is 0 Å². The second-order valence-electron chi connectivity index (χ2n) is 7.47. The van der Waals surface area contributed by atoms with Crippen molar-refractivity contribution in [2.45, 2.75) is 31.7 Å². The minimum atomic E-state index is -4.84. The van der Waals surface area contributed by atoms with E-state index in [1.54, 1.807) is 0 Å². The molecule has 0 bridgehead atoms. The first kappa shape index (κ1) is 24.1. The van der Waals surface area contributed by atoms with Crippen molar-refractivity contribution < 1.29 is 31.9 Å². The molecule has 3 rings (SSSR count). The van der Waals surface area contributed by atoms with E-state index in [9.17, 15) is 27.1 Å². The van der Waals surface area contributed by atoms with Gasteiger partial charge in [0.05, 0.1) is 24.2 Å². The number of benzene rings is 1. The van der Waals surface area contributed by atoms with Crippen molar-refractivity contribution in [2.75, 3.05) is 11.9 Å². The summed E-state index contributed by atoms with van der Waals surface area (Å²) >= 11 is 0. The molecule has 1 aliphatic rings. The Hall–Kier alpha value is -3.54. The van der Waals surface area contributed by atoms with E-state index in [-0.39, 0.29) is 42.4 Å². The molecule has 0 aliphatic carbocycles. The molecule has 7 nitrogen and oxygen atoms in total. The Morgan fingerprint density at radius 2 is 1.97 bits per heavy atom. The summed E-state index contributed by atoms with van der Waals surface area (Å²) in [7, 11) is 0. The number of aromatic nitrogens is 1. The summed E-state index contributed by atoms with van der Waals surface area (Å²) in [4.78, 5) is 12.4. The van der Waals surface area contributed by atoms with Gasteiger partial charge in [0.15, 0.2) is 11.4 Å². The van der Waals surface area contributed by atoms with Crippen LogP contribution in [0.1, 0.15) is 18.9 Å². The zero-order chi connectivity index (χ0) is 24.2. The lowest BCUT2D eigenvalue weighted by Crippen LogP contribution is -2.30. The molecule has 1 unspecified atom stereocenters. The number of rotatable bonds is 7. The Morgan fingerprint density at radius 3 is 2.52 bits per heavy atom. The van der Waals surface area contributed by atoms with Crippen molar-refractivity contribution in [3.05, 3.63) is 65.5 Å². The van der Waals surface area contributed by atoms with E-state index in [4.69, 9.17) is 10.6 Å². The highest BCUT2D eigenvalue weighted by Crippen LogP contribution is 2.27. The Kier molecular flexibility index (Phi) is 6.96. The van der Waals surface area contributed by atoms with E-state index in [1.807, 2.05) is 0 Å². The number of hydrogen-bond donors (Lipinski definition) is 3. The molecule has 0 saturated heterocycles. The van der Waals surface area contributed by atoms with Crippen LogP contribution in [0, 0.1) is 11.6 Å². The Bertz CT molecular complexity index is 1080. The van der Waals surface area contributed by atoms with Gasteiger partial charge in [-0.3, -0.25) is 0 Å². The smallest absolute Gasteiger partial charge is 0.397 e. The Morgan fingerprint density at radius 1 is 1.27 bits per heavy atom. The molecule has 2 heterocycles. The normalized spacial score (nSPS) is 19.3. The zero-order valence-electron chi connectivity index (χ0n) is 17.3. The number of allylic oxidation sites excluding steroid dienone is 2. The number of anilines is 1. The number of aliphatic hydroxyl groups excluding tert-OH is 1.